The Morgan fingerprint density at radius 3 is 2.71 bits per heavy atom. The lowest BCUT2D eigenvalue weighted by molar-refractivity contribution is -0.274. The predicted molar refractivity (Wildman–Crippen MR) is 51.4 cm³/mol. The molecule has 0 fully saturated rings. The van der Waals surface area contributed by atoms with Crippen LogP contribution in [0, 0.1) is 0 Å². The first-order valence-electron chi connectivity index (χ1n) is 4.31. The maximum absolute atomic E-state index is 12.0. The number of benzene rings is 1. The summed E-state index contributed by atoms with van der Waals surface area (Å²) in [6, 6.07) is 3.45. The molecular weight excluding hydrogens is 239 g/mol. The van der Waals surface area contributed by atoms with Crippen LogP contribution in [0.4, 0.5) is 13.2 Å². The minimum absolute atomic E-state index is 0.0519. The van der Waals surface area contributed by atoms with Crippen LogP contribution in [0.15, 0.2) is 23.3 Å². The summed E-state index contributed by atoms with van der Waals surface area (Å²) in [5, 5.41) is 3.22. The fourth-order valence-corrected chi connectivity index (χ4v) is 1.12. The summed E-state index contributed by atoms with van der Waals surface area (Å²) < 4.78 is 39.5. The second kappa shape index (κ2) is 5.22. The quantitative estimate of drug-likeness (QED) is 0.353. The molecule has 0 aliphatic heterocycles. The molecular formula is C9H6F3N3O2. The maximum Gasteiger partial charge on any atom is 0.573 e. The molecule has 0 radical (unpaired) electrons. The van der Waals surface area contributed by atoms with E-state index in [9.17, 15) is 18.0 Å². The van der Waals surface area contributed by atoms with E-state index in [4.69, 9.17) is 5.53 Å². The van der Waals surface area contributed by atoms with Gasteiger partial charge in [-0.1, -0.05) is 11.2 Å². The number of hydrogen-bond donors (Lipinski definition) is 0. The molecule has 0 heterocycles. The SMILES string of the molecule is [N-]=[N+]=NCc1ccc(OC(F)(F)F)c(C=O)c1. The van der Waals surface area contributed by atoms with Crippen molar-refractivity contribution in [1.82, 2.24) is 0 Å². The number of ether oxygens (including phenoxy) is 1. The number of alkyl halides is 3. The number of azide groups is 1. The van der Waals surface area contributed by atoms with E-state index in [-0.39, 0.29) is 18.4 Å². The monoisotopic (exact) mass is 245 g/mol. The first-order valence-corrected chi connectivity index (χ1v) is 4.31. The Morgan fingerprint density at radius 1 is 1.47 bits per heavy atom. The molecule has 0 aliphatic rings. The lowest BCUT2D eigenvalue weighted by Crippen LogP contribution is -2.18. The highest BCUT2D eigenvalue weighted by atomic mass is 19.4. The van der Waals surface area contributed by atoms with E-state index >= 15 is 0 Å². The van der Waals surface area contributed by atoms with Crippen molar-refractivity contribution >= 4 is 6.29 Å². The highest BCUT2D eigenvalue weighted by Gasteiger charge is 2.32. The van der Waals surface area contributed by atoms with Crippen molar-refractivity contribution in [3.05, 3.63) is 39.8 Å². The maximum atomic E-state index is 12.0. The van der Waals surface area contributed by atoms with E-state index < -0.39 is 12.1 Å². The van der Waals surface area contributed by atoms with E-state index in [1.54, 1.807) is 0 Å². The molecule has 0 bridgehead atoms. The van der Waals surface area contributed by atoms with Crippen molar-refractivity contribution in [2.45, 2.75) is 12.9 Å². The number of nitrogens with zero attached hydrogens (tertiary/aromatic N) is 3. The van der Waals surface area contributed by atoms with Crippen LogP contribution in [0.1, 0.15) is 15.9 Å². The van der Waals surface area contributed by atoms with Gasteiger partial charge in [-0.2, -0.15) is 0 Å². The molecule has 1 rings (SSSR count). The van der Waals surface area contributed by atoms with Gasteiger partial charge in [0.1, 0.15) is 5.75 Å². The van der Waals surface area contributed by atoms with Gasteiger partial charge in [0, 0.05) is 4.91 Å². The van der Waals surface area contributed by atoms with Gasteiger partial charge in [-0.05, 0) is 23.2 Å². The van der Waals surface area contributed by atoms with Gasteiger partial charge in [0.25, 0.3) is 0 Å². The van der Waals surface area contributed by atoms with Crippen molar-refractivity contribution in [2.75, 3.05) is 0 Å². The van der Waals surface area contributed by atoms with E-state index in [2.05, 4.69) is 14.8 Å². The summed E-state index contributed by atoms with van der Waals surface area (Å²) in [5.74, 6) is -0.586. The Bertz CT molecular complexity index is 467. The highest BCUT2D eigenvalue weighted by Crippen LogP contribution is 2.26. The lowest BCUT2D eigenvalue weighted by atomic mass is 10.1. The van der Waals surface area contributed by atoms with E-state index in [0.717, 1.165) is 6.07 Å². The Labute approximate surface area is 93.4 Å². The number of carbonyl (C=O) groups is 1. The second-order valence-electron chi connectivity index (χ2n) is 2.93. The van der Waals surface area contributed by atoms with Crippen LogP contribution in [-0.4, -0.2) is 12.6 Å². The zero-order valence-electron chi connectivity index (χ0n) is 8.31. The molecule has 1 aromatic rings. The Hall–Kier alpha value is -2.21. The summed E-state index contributed by atoms with van der Waals surface area (Å²) in [6.45, 7) is -0.0519. The number of rotatable bonds is 4. The number of halogens is 3. The van der Waals surface area contributed by atoms with Crippen molar-refractivity contribution in [2.24, 2.45) is 5.11 Å². The summed E-state index contributed by atoms with van der Waals surface area (Å²) >= 11 is 0. The molecule has 0 unspecified atom stereocenters. The molecule has 90 valence electrons. The summed E-state index contributed by atoms with van der Waals surface area (Å²) in [5.41, 5.74) is 8.24. The van der Waals surface area contributed by atoms with Gasteiger partial charge in [-0.3, -0.25) is 4.79 Å². The molecule has 0 N–H and O–H groups in total. The summed E-state index contributed by atoms with van der Waals surface area (Å²) in [6.07, 6.45) is -4.62. The summed E-state index contributed by atoms with van der Waals surface area (Å²) in [4.78, 5) is 13.1. The molecule has 0 atom stereocenters. The third kappa shape index (κ3) is 4.04. The zero-order chi connectivity index (χ0) is 12.9. The molecule has 0 amide bonds. The van der Waals surface area contributed by atoms with Crippen LogP contribution >= 0.6 is 0 Å². The fraction of sp³-hybridized carbons (Fsp3) is 0.222. The van der Waals surface area contributed by atoms with Gasteiger partial charge in [0.2, 0.25) is 0 Å². The third-order valence-corrected chi connectivity index (χ3v) is 1.74. The lowest BCUT2D eigenvalue weighted by Gasteiger charge is -2.11. The zero-order valence-corrected chi connectivity index (χ0v) is 8.31. The van der Waals surface area contributed by atoms with Crippen molar-refractivity contribution < 1.29 is 22.7 Å². The second-order valence-corrected chi connectivity index (χ2v) is 2.93. The molecule has 0 saturated carbocycles. The van der Waals surface area contributed by atoms with Crippen LogP contribution in [0.2, 0.25) is 0 Å². The van der Waals surface area contributed by atoms with Crippen LogP contribution in [0.25, 0.3) is 10.4 Å². The molecule has 8 heteroatoms. The van der Waals surface area contributed by atoms with Crippen LogP contribution in [-0.2, 0) is 6.54 Å². The predicted octanol–water partition coefficient (Wildman–Crippen LogP) is 3.21. The first kappa shape index (κ1) is 12.9. The molecule has 0 spiro atoms. The number of hydrogen-bond acceptors (Lipinski definition) is 3. The molecule has 0 aromatic heterocycles. The van der Waals surface area contributed by atoms with Crippen LogP contribution < -0.4 is 4.74 Å². The number of carbonyl (C=O) groups excluding carboxylic acids is 1. The van der Waals surface area contributed by atoms with Gasteiger partial charge in [0.15, 0.2) is 6.29 Å². The normalized spacial score (nSPS) is 10.5. The van der Waals surface area contributed by atoms with Crippen LogP contribution in [0.5, 0.6) is 5.75 Å². The van der Waals surface area contributed by atoms with E-state index in [1.165, 1.54) is 12.1 Å². The molecule has 0 aliphatic carbocycles. The van der Waals surface area contributed by atoms with Crippen molar-refractivity contribution in [3.63, 3.8) is 0 Å². The fourth-order valence-electron chi connectivity index (χ4n) is 1.12. The largest absolute Gasteiger partial charge is 0.573 e. The number of aldehydes is 1. The minimum atomic E-state index is -4.86. The van der Waals surface area contributed by atoms with Gasteiger partial charge in [0.05, 0.1) is 12.1 Å². The van der Waals surface area contributed by atoms with Gasteiger partial charge >= 0.3 is 6.36 Å². The average molecular weight is 245 g/mol. The van der Waals surface area contributed by atoms with Crippen molar-refractivity contribution in [1.29, 1.82) is 0 Å². The Kier molecular flexibility index (Phi) is 3.95. The molecule has 17 heavy (non-hydrogen) atoms. The van der Waals surface area contributed by atoms with Crippen molar-refractivity contribution in [3.8, 4) is 5.75 Å². The summed E-state index contributed by atoms with van der Waals surface area (Å²) in [7, 11) is 0. The third-order valence-electron chi connectivity index (χ3n) is 1.74. The molecule has 1 aromatic carbocycles. The Balaban J connectivity index is 3.01. The first-order chi connectivity index (χ1) is 7.96. The van der Waals surface area contributed by atoms with E-state index in [0.29, 0.717) is 5.56 Å². The smallest absolute Gasteiger partial charge is 0.405 e. The topological polar surface area (TPSA) is 75.1 Å². The average Bonchev–Trinajstić information content (AvgIpc) is 2.25. The Morgan fingerprint density at radius 2 is 2.18 bits per heavy atom. The van der Waals surface area contributed by atoms with Gasteiger partial charge in [-0.25, -0.2) is 0 Å². The van der Waals surface area contributed by atoms with Gasteiger partial charge in [-0.15, -0.1) is 13.2 Å². The van der Waals surface area contributed by atoms with Crippen LogP contribution in [0.3, 0.4) is 0 Å². The highest BCUT2D eigenvalue weighted by molar-refractivity contribution is 5.79. The molecule has 5 nitrogen and oxygen atoms in total. The van der Waals surface area contributed by atoms with E-state index in [1.807, 2.05) is 0 Å². The standard InChI is InChI=1S/C9H6F3N3O2/c10-9(11,12)17-8-2-1-6(4-14-15-13)3-7(8)5-16/h1-3,5H,4H2. The van der Waals surface area contributed by atoms with Gasteiger partial charge < -0.3 is 4.74 Å². The molecule has 0 saturated heterocycles. The minimum Gasteiger partial charge on any atom is -0.405 e.